The Morgan fingerprint density at radius 3 is 1.76 bits per heavy atom. The molecule has 3 heteroatoms. The average Bonchev–Trinajstić information content (AvgIpc) is 2.20. The van der Waals surface area contributed by atoms with Crippen LogP contribution in [0.15, 0.2) is 0 Å². The van der Waals surface area contributed by atoms with Crippen molar-refractivity contribution in [2.75, 3.05) is 0 Å². The molecular weight excluding hydrogens is 275 g/mol. The molecule has 0 aliphatic rings. The van der Waals surface area contributed by atoms with Crippen LogP contribution in [0.4, 0.5) is 0 Å². The van der Waals surface area contributed by atoms with Crippen molar-refractivity contribution in [2.24, 2.45) is 5.41 Å². The maximum Gasteiger partial charge on any atom is 0.190 e. The molecule has 0 aromatic heterocycles. The van der Waals surface area contributed by atoms with Crippen LogP contribution < -0.4 is 0 Å². The molecule has 0 unspecified atom stereocenters. The van der Waals surface area contributed by atoms with Gasteiger partial charge < -0.3 is 0 Å². The van der Waals surface area contributed by atoms with E-state index in [1.165, 1.54) is 44.9 Å². The highest BCUT2D eigenvalue weighted by Gasteiger charge is 2.25. The van der Waals surface area contributed by atoms with Crippen molar-refractivity contribution in [2.45, 2.75) is 82.4 Å². The molecule has 0 aliphatic heterocycles. The standard InChI is InChI=1S/C14H27Cl3/c1-4-5-6-7-8-9-10-13(2,3)11-12-14(15,16)17/h4-12H2,1-3H3. The molecule has 104 valence electrons. The third-order valence-corrected chi connectivity index (χ3v) is 3.86. The Morgan fingerprint density at radius 2 is 1.24 bits per heavy atom. The maximum atomic E-state index is 5.79. The second-order valence-corrected chi connectivity index (χ2v) is 8.31. The minimum absolute atomic E-state index is 0.300. The summed E-state index contributed by atoms with van der Waals surface area (Å²) in [5.41, 5.74) is 0.300. The number of rotatable bonds is 9. The van der Waals surface area contributed by atoms with Crippen molar-refractivity contribution in [3.05, 3.63) is 0 Å². The van der Waals surface area contributed by atoms with Crippen LogP contribution in [0.25, 0.3) is 0 Å². The SMILES string of the molecule is CCCCCCCCC(C)(C)CCC(Cl)(Cl)Cl. The molecule has 0 atom stereocenters. The Balaban J connectivity index is 3.57. The van der Waals surface area contributed by atoms with E-state index in [2.05, 4.69) is 20.8 Å². The van der Waals surface area contributed by atoms with Gasteiger partial charge in [0.15, 0.2) is 3.79 Å². The molecule has 17 heavy (non-hydrogen) atoms. The first-order chi connectivity index (χ1) is 7.77. The molecule has 0 spiro atoms. The summed E-state index contributed by atoms with van der Waals surface area (Å²) in [4.78, 5) is 0. The second-order valence-electron chi connectivity index (χ2n) is 5.80. The molecule has 0 nitrogen and oxygen atoms in total. The Hall–Kier alpha value is 0.870. The van der Waals surface area contributed by atoms with Crippen LogP contribution in [0.5, 0.6) is 0 Å². The van der Waals surface area contributed by atoms with Gasteiger partial charge in [-0.2, -0.15) is 0 Å². The third-order valence-electron chi connectivity index (χ3n) is 3.29. The highest BCUT2D eigenvalue weighted by molar-refractivity contribution is 6.67. The lowest BCUT2D eigenvalue weighted by Crippen LogP contribution is -2.15. The number of halogens is 3. The molecule has 0 N–H and O–H groups in total. The Kier molecular flexibility index (Phi) is 9.34. The summed E-state index contributed by atoms with van der Waals surface area (Å²) in [5, 5.41) is 0. The van der Waals surface area contributed by atoms with Crippen LogP contribution in [0.3, 0.4) is 0 Å². The Morgan fingerprint density at radius 1 is 0.706 bits per heavy atom. The fourth-order valence-corrected chi connectivity index (χ4v) is 2.27. The maximum absolute atomic E-state index is 5.79. The van der Waals surface area contributed by atoms with Gasteiger partial charge in [-0.05, 0) is 24.7 Å². The van der Waals surface area contributed by atoms with Crippen LogP contribution >= 0.6 is 34.8 Å². The van der Waals surface area contributed by atoms with Crippen molar-refractivity contribution >= 4 is 34.8 Å². The van der Waals surface area contributed by atoms with Crippen molar-refractivity contribution < 1.29 is 0 Å². The number of hydrogen-bond acceptors (Lipinski definition) is 0. The largest absolute Gasteiger partial charge is 0.190 e. The van der Waals surface area contributed by atoms with Crippen LogP contribution in [0, 0.1) is 5.41 Å². The zero-order valence-corrected chi connectivity index (χ0v) is 13.8. The predicted molar refractivity (Wildman–Crippen MR) is 81.3 cm³/mol. The first-order valence-electron chi connectivity index (χ1n) is 6.83. The van der Waals surface area contributed by atoms with Gasteiger partial charge in [0.2, 0.25) is 0 Å². The fraction of sp³-hybridized carbons (Fsp3) is 1.00. The molecule has 0 saturated heterocycles. The minimum Gasteiger partial charge on any atom is -0.0837 e. The Labute approximate surface area is 122 Å². The number of unbranched alkanes of at least 4 members (excludes halogenated alkanes) is 5. The van der Waals surface area contributed by atoms with Gasteiger partial charge in [0.1, 0.15) is 0 Å². The van der Waals surface area contributed by atoms with Crippen molar-refractivity contribution in [1.82, 2.24) is 0 Å². The lowest BCUT2D eigenvalue weighted by molar-refractivity contribution is 0.287. The van der Waals surface area contributed by atoms with E-state index in [1.807, 2.05) is 0 Å². The van der Waals surface area contributed by atoms with Gasteiger partial charge in [-0.25, -0.2) is 0 Å². The minimum atomic E-state index is -1.08. The van der Waals surface area contributed by atoms with Gasteiger partial charge in [0, 0.05) is 0 Å². The molecule has 0 rings (SSSR count). The van der Waals surface area contributed by atoms with Crippen LogP contribution in [-0.4, -0.2) is 3.79 Å². The summed E-state index contributed by atoms with van der Waals surface area (Å²) < 4.78 is -1.08. The number of alkyl halides is 3. The zero-order valence-electron chi connectivity index (χ0n) is 11.5. The average molecular weight is 302 g/mol. The molecule has 0 aromatic carbocycles. The predicted octanol–water partition coefficient (Wildman–Crippen LogP) is 6.91. The van der Waals surface area contributed by atoms with E-state index >= 15 is 0 Å². The summed E-state index contributed by atoms with van der Waals surface area (Å²) in [7, 11) is 0. The van der Waals surface area contributed by atoms with E-state index in [9.17, 15) is 0 Å². The van der Waals surface area contributed by atoms with E-state index in [1.54, 1.807) is 0 Å². The summed E-state index contributed by atoms with van der Waals surface area (Å²) in [6.45, 7) is 6.80. The molecule has 0 bridgehead atoms. The summed E-state index contributed by atoms with van der Waals surface area (Å²) in [6, 6.07) is 0. The normalized spacial score (nSPS) is 13.1. The molecule has 0 amide bonds. The van der Waals surface area contributed by atoms with E-state index < -0.39 is 3.79 Å². The molecule has 0 aliphatic carbocycles. The van der Waals surface area contributed by atoms with E-state index in [-0.39, 0.29) is 0 Å². The Bertz CT molecular complexity index is 182. The van der Waals surface area contributed by atoms with Gasteiger partial charge in [-0.3, -0.25) is 0 Å². The van der Waals surface area contributed by atoms with Crippen molar-refractivity contribution in [3.63, 3.8) is 0 Å². The van der Waals surface area contributed by atoms with Gasteiger partial charge >= 0.3 is 0 Å². The molecule has 0 radical (unpaired) electrons. The van der Waals surface area contributed by atoms with Crippen molar-refractivity contribution in [1.29, 1.82) is 0 Å². The monoisotopic (exact) mass is 300 g/mol. The quantitative estimate of drug-likeness (QED) is 0.320. The summed E-state index contributed by atoms with van der Waals surface area (Å²) >= 11 is 17.4. The molecule has 0 aromatic rings. The first-order valence-corrected chi connectivity index (χ1v) is 7.97. The van der Waals surface area contributed by atoms with Gasteiger partial charge in [0.25, 0.3) is 0 Å². The first kappa shape index (κ1) is 17.9. The smallest absolute Gasteiger partial charge is 0.0837 e. The van der Waals surface area contributed by atoms with Gasteiger partial charge in [-0.15, -0.1) is 0 Å². The van der Waals surface area contributed by atoms with E-state index in [4.69, 9.17) is 34.8 Å². The fourth-order valence-electron chi connectivity index (χ4n) is 1.99. The topological polar surface area (TPSA) is 0 Å². The highest BCUT2D eigenvalue weighted by atomic mass is 35.6. The van der Waals surface area contributed by atoms with Gasteiger partial charge in [-0.1, -0.05) is 94.1 Å². The zero-order chi connectivity index (χ0) is 13.4. The third kappa shape index (κ3) is 13.1. The second kappa shape index (κ2) is 8.88. The number of hydrogen-bond donors (Lipinski definition) is 0. The lowest BCUT2D eigenvalue weighted by atomic mass is 9.82. The lowest BCUT2D eigenvalue weighted by Gasteiger charge is -2.26. The summed E-state index contributed by atoms with van der Waals surface area (Å²) in [6.07, 6.45) is 11.0. The molecule has 0 heterocycles. The van der Waals surface area contributed by atoms with Gasteiger partial charge in [0.05, 0.1) is 0 Å². The van der Waals surface area contributed by atoms with Crippen LogP contribution in [0.2, 0.25) is 0 Å². The van der Waals surface area contributed by atoms with E-state index in [0.29, 0.717) is 11.8 Å². The van der Waals surface area contributed by atoms with Crippen LogP contribution in [-0.2, 0) is 0 Å². The van der Waals surface area contributed by atoms with Crippen LogP contribution in [0.1, 0.15) is 78.6 Å². The highest BCUT2D eigenvalue weighted by Crippen LogP contribution is 2.38. The van der Waals surface area contributed by atoms with Crippen molar-refractivity contribution in [3.8, 4) is 0 Å². The molecule has 0 fully saturated rings. The van der Waals surface area contributed by atoms with E-state index in [0.717, 1.165) is 6.42 Å². The molecule has 0 saturated carbocycles. The molecular formula is C14H27Cl3. The summed E-state index contributed by atoms with van der Waals surface area (Å²) in [5.74, 6) is 0.